The van der Waals surface area contributed by atoms with Crippen molar-refractivity contribution in [2.75, 3.05) is 6.61 Å². The van der Waals surface area contributed by atoms with Crippen LogP contribution in [0.5, 0.6) is 0 Å². The molecule has 0 aliphatic carbocycles. The summed E-state index contributed by atoms with van der Waals surface area (Å²) in [4.78, 5) is 23.1. The normalized spacial score (nSPS) is 12.0. The summed E-state index contributed by atoms with van der Waals surface area (Å²) >= 11 is 7.32. The van der Waals surface area contributed by atoms with Crippen molar-refractivity contribution in [3.63, 3.8) is 0 Å². The van der Waals surface area contributed by atoms with E-state index >= 15 is 0 Å². The van der Waals surface area contributed by atoms with Gasteiger partial charge in [-0.15, -0.1) is 0 Å². The molecule has 0 saturated carbocycles. The van der Waals surface area contributed by atoms with Crippen LogP contribution in [-0.2, 0) is 6.54 Å². The molecule has 0 saturated heterocycles. The first-order chi connectivity index (χ1) is 12.2. The highest BCUT2D eigenvalue weighted by Gasteiger charge is 2.08. The summed E-state index contributed by atoms with van der Waals surface area (Å²) < 4.78 is 1.70. The van der Waals surface area contributed by atoms with Gasteiger partial charge in [0.2, 0.25) is 0 Å². The molecule has 25 heavy (non-hydrogen) atoms. The van der Waals surface area contributed by atoms with Crippen molar-refractivity contribution in [1.82, 2.24) is 9.55 Å². The zero-order valence-corrected chi connectivity index (χ0v) is 15.1. The largest absolute Gasteiger partial charge is 0.396 e. The first kappa shape index (κ1) is 17.8. The first-order valence-corrected chi connectivity index (χ1v) is 9.28. The number of unbranched alkanes of at least 4 members (excludes halogenated alkanes) is 2. The highest BCUT2D eigenvalue weighted by Crippen LogP contribution is 2.16. The third-order valence-corrected chi connectivity index (χ3v) is 5.02. The molecule has 0 bridgehead atoms. The van der Waals surface area contributed by atoms with Crippen LogP contribution >= 0.6 is 22.9 Å². The maximum Gasteiger partial charge on any atom is 0.263 e. The minimum absolute atomic E-state index is 0.0847. The Morgan fingerprint density at radius 2 is 1.96 bits per heavy atom. The average molecular weight is 376 g/mol. The number of aliphatic hydroxyl groups excluding tert-OH is 1. The van der Waals surface area contributed by atoms with Crippen LogP contribution in [0.1, 0.15) is 19.3 Å². The number of pyridine rings is 1. The molecule has 1 N–H and O–H groups in total. The number of halogens is 1. The van der Waals surface area contributed by atoms with E-state index in [1.54, 1.807) is 35.0 Å². The van der Waals surface area contributed by atoms with Gasteiger partial charge >= 0.3 is 0 Å². The van der Waals surface area contributed by atoms with Gasteiger partial charge in [-0.05, 0) is 55.7 Å². The molecule has 7 heteroatoms. The van der Waals surface area contributed by atoms with Gasteiger partial charge in [0.05, 0.1) is 11.1 Å². The lowest BCUT2D eigenvalue weighted by atomic mass is 10.2. The van der Waals surface area contributed by atoms with E-state index in [9.17, 15) is 4.79 Å². The number of fused-ring (bicyclic) bond motifs is 1. The number of aliphatic hydroxyl groups is 1. The maximum atomic E-state index is 12.9. The summed E-state index contributed by atoms with van der Waals surface area (Å²) in [6, 6.07) is 10.7. The second kappa shape index (κ2) is 8.38. The van der Waals surface area contributed by atoms with Gasteiger partial charge in [0.15, 0.2) is 4.80 Å². The van der Waals surface area contributed by atoms with E-state index < -0.39 is 0 Å². The van der Waals surface area contributed by atoms with Gasteiger partial charge in [0, 0.05) is 24.4 Å². The Morgan fingerprint density at radius 1 is 1.16 bits per heavy atom. The number of rotatable bonds is 6. The van der Waals surface area contributed by atoms with Crippen LogP contribution in [0, 0.1) is 0 Å². The fourth-order valence-electron chi connectivity index (χ4n) is 2.47. The second-order valence-corrected chi connectivity index (χ2v) is 6.96. The molecule has 3 rings (SSSR count). The third-order valence-electron chi connectivity index (χ3n) is 3.76. The maximum absolute atomic E-state index is 12.9. The zero-order chi connectivity index (χ0) is 17.6. The highest BCUT2D eigenvalue weighted by molar-refractivity contribution is 7.15. The smallest absolute Gasteiger partial charge is 0.263 e. The summed E-state index contributed by atoms with van der Waals surface area (Å²) in [5.41, 5.74) is 0.651. The standard InChI is InChI=1S/C18H18ClN3O2S/c19-13-6-8-14(9-7-13)21-18-22(11-2-1-3-12-23)17(24)15-5-4-10-20-16(15)25-18/h4-10,23H,1-3,11-12H2. The lowest BCUT2D eigenvalue weighted by Gasteiger charge is -2.07. The molecular formula is C18H18ClN3O2S. The molecular weight excluding hydrogens is 358 g/mol. The molecule has 0 amide bonds. The number of benzene rings is 1. The van der Waals surface area contributed by atoms with Gasteiger partial charge < -0.3 is 5.11 Å². The molecule has 2 heterocycles. The minimum atomic E-state index is -0.0847. The van der Waals surface area contributed by atoms with Crippen LogP contribution in [-0.4, -0.2) is 21.3 Å². The molecule has 0 fully saturated rings. The van der Waals surface area contributed by atoms with E-state index in [0.29, 0.717) is 26.6 Å². The molecule has 0 aliphatic heterocycles. The van der Waals surface area contributed by atoms with Crippen molar-refractivity contribution in [1.29, 1.82) is 0 Å². The van der Waals surface area contributed by atoms with Crippen molar-refractivity contribution >= 4 is 38.8 Å². The Bertz CT molecular complexity index is 980. The summed E-state index contributed by atoms with van der Waals surface area (Å²) in [6.45, 7) is 0.730. The Balaban J connectivity index is 2.10. The Hall–Kier alpha value is -2.02. The minimum Gasteiger partial charge on any atom is -0.396 e. The quantitative estimate of drug-likeness (QED) is 0.670. The molecule has 130 valence electrons. The number of nitrogens with zero attached hydrogens (tertiary/aromatic N) is 3. The topological polar surface area (TPSA) is 67.5 Å². The van der Waals surface area contributed by atoms with Crippen LogP contribution in [0.15, 0.2) is 52.4 Å². The fraction of sp³-hybridized carbons (Fsp3) is 0.278. The van der Waals surface area contributed by atoms with Gasteiger partial charge in [-0.2, -0.15) is 0 Å². The van der Waals surface area contributed by atoms with Crippen LogP contribution in [0.2, 0.25) is 5.02 Å². The van der Waals surface area contributed by atoms with Crippen molar-refractivity contribution in [3.05, 3.63) is 62.8 Å². The molecule has 5 nitrogen and oxygen atoms in total. The van der Waals surface area contributed by atoms with E-state index in [0.717, 1.165) is 24.9 Å². The fourth-order valence-corrected chi connectivity index (χ4v) is 3.59. The predicted octanol–water partition coefficient (Wildman–Crippen LogP) is 3.51. The van der Waals surface area contributed by atoms with Gasteiger partial charge in [-0.3, -0.25) is 9.36 Å². The monoisotopic (exact) mass is 375 g/mol. The summed E-state index contributed by atoms with van der Waals surface area (Å²) in [5, 5.41) is 10.2. The summed E-state index contributed by atoms with van der Waals surface area (Å²) in [5.74, 6) is 0. The lowest BCUT2D eigenvalue weighted by Crippen LogP contribution is -2.32. The van der Waals surface area contributed by atoms with Gasteiger partial charge in [0.25, 0.3) is 5.56 Å². The zero-order valence-electron chi connectivity index (χ0n) is 13.6. The van der Waals surface area contributed by atoms with Crippen LogP contribution in [0.25, 0.3) is 10.2 Å². The van der Waals surface area contributed by atoms with Crippen LogP contribution in [0.3, 0.4) is 0 Å². The molecule has 2 aromatic heterocycles. The van der Waals surface area contributed by atoms with E-state index in [1.807, 2.05) is 12.1 Å². The first-order valence-electron chi connectivity index (χ1n) is 8.09. The lowest BCUT2D eigenvalue weighted by molar-refractivity contribution is 0.281. The van der Waals surface area contributed by atoms with E-state index in [1.165, 1.54) is 11.3 Å². The van der Waals surface area contributed by atoms with Gasteiger partial charge in [-0.25, -0.2) is 9.98 Å². The number of hydrogen-bond acceptors (Lipinski definition) is 5. The Morgan fingerprint density at radius 3 is 2.72 bits per heavy atom. The number of hydrogen-bond donors (Lipinski definition) is 1. The van der Waals surface area contributed by atoms with Gasteiger partial charge in [0.1, 0.15) is 4.83 Å². The molecule has 0 unspecified atom stereocenters. The Labute approximate surface area is 153 Å². The van der Waals surface area contributed by atoms with Crippen molar-refractivity contribution in [2.24, 2.45) is 4.99 Å². The highest BCUT2D eigenvalue weighted by atomic mass is 35.5. The molecule has 1 aromatic carbocycles. The van der Waals surface area contributed by atoms with Crippen LogP contribution < -0.4 is 10.4 Å². The summed E-state index contributed by atoms with van der Waals surface area (Å²) in [7, 11) is 0. The van der Waals surface area contributed by atoms with E-state index in [4.69, 9.17) is 16.7 Å². The number of aromatic nitrogens is 2. The molecule has 0 radical (unpaired) electrons. The van der Waals surface area contributed by atoms with E-state index in [2.05, 4.69) is 9.98 Å². The molecule has 3 aromatic rings. The average Bonchev–Trinajstić information content (AvgIpc) is 2.63. The molecule has 0 spiro atoms. The van der Waals surface area contributed by atoms with Crippen molar-refractivity contribution in [3.8, 4) is 0 Å². The summed E-state index contributed by atoms with van der Waals surface area (Å²) in [6.07, 6.45) is 4.08. The van der Waals surface area contributed by atoms with Crippen molar-refractivity contribution in [2.45, 2.75) is 25.8 Å². The molecule has 0 atom stereocenters. The van der Waals surface area contributed by atoms with E-state index in [-0.39, 0.29) is 12.2 Å². The van der Waals surface area contributed by atoms with Crippen LogP contribution in [0.4, 0.5) is 5.69 Å². The predicted molar refractivity (Wildman–Crippen MR) is 101 cm³/mol. The van der Waals surface area contributed by atoms with Gasteiger partial charge in [-0.1, -0.05) is 22.9 Å². The SMILES string of the molecule is O=c1c2cccnc2sc(=Nc2ccc(Cl)cc2)n1CCCCCO. The van der Waals surface area contributed by atoms with Crippen molar-refractivity contribution < 1.29 is 5.11 Å². The molecule has 0 aliphatic rings. The Kier molecular flexibility index (Phi) is 5.96. The third kappa shape index (κ3) is 4.34. The second-order valence-electron chi connectivity index (χ2n) is 5.57.